The first-order valence-corrected chi connectivity index (χ1v) is 15.7. The average molecular weight is 580 g/mol. The van der Waals surface area contributed by atoms with Crippen LogP contribution in [0.5, 0.6) is 0 Å². The summed E-state index contributed by atoms with van der Waals surface area (Å²) in [4.78, 5) is 48.3. The number of unbranched alkanes of at least 4 members (excludes halogenated alkanes) is 2. The number of carbonyl (C=O) groups is 3. The minimum absolute atomic E-state index is 0.0747. The molecule has 1 aromatic rings. The molecule has 9 heteroatoms. The molecule has 1 aromatic carbocycles. The molecule has 4 heterocycles. The minimum Gasteiger partial charge on any atom is -0.465 e. The van der Waals surface area contributed by atoms with Gasteiger partial charge in [-0.25, -0.2) is 0 Å². The fourth-order valence-corrected chi connectivity index (χ4v) is 7.35. The molecular weight excluding hydrogens is 534 g/mol. The number of likely N-dealkylation sites (tertiary alicyclic amines) is 1. The Morgan fingerprint density at radius 2 is 1.71 bits per heavy atom. The number of hydrogen-bond donors (Lipinski definition) is 1. The van der Waals surface area contributed by atoms with E-state index in [1.165, 1.54) is 0 Å². The molecule has 2 amide bonds. The van der Waals surface area contributed by atoms with Crippen molar-refractivity contribution in [3.05, 3.63) is 48.6 Å². The normalized spacial score (nSPS) is 31.4. The van der Waals surface area contributed by atoms with Gasteiger partial charge in [-0.1, -0.05) is 31.2 Å². The van der Waals surface area contributed by atoms with Crippen molar-refractivity contribution in [2.45, 2.75) is 76.5 Å². The number of allylic oxidation sites excluding steroid dienone is 1. The number of esters is 1. The zero-order valence-corrected chi connectivity index (χ0v) is 25.2. The molecule has 1 unspecified atom stereocenters. The van der Waals surface area contributed by atoms with Gasteiger partial charge in [-0.2, -0.15) is 0 Å². The molecule has 0 bridgehead atoms. The second kappa shape index (κ2) is 12.6. The molecule has 0 aliphatic carbocycles. The second-order valence-electron chi connectivity index (χ2n) is 11.7. The maximum atomic E-state index is 14.6. The summed E-state index contributed by atoms with van der Waals surface area (Å²) in [5.74, 6) is -2.63. The Morgan fingerprint density at radius 1 is 0.952 bits per heavy atom. The van der Waals surface area contributed by atoms with Gasteiger partial charge in [0.2, 0.25) is 5.91 Å². The van der Waals surface area contributed by atoms with Crippen LogP contribution in [0.4, 0.5) is 11.4 Å². The van der Waals surface area contributed by atoms with Crippen molar-refractivity contribution in [3.63, 3.8) is 0 Å². The van der Waals surface area contributed by atoms with Gasteiger partial charge in [0, 0.05) is 44.2 Å². The van der Waals surface area contributed by atoms with Gasteiger partial charge in [-0.15, -0.1) is 0 Å². The summed E-state index contributed by atoms with van der Waals surface area (Å²) in [5, 5.41) is 9.31. The number of aliphatic hydroxyl groups excluding tert-OH is 1. The van der Waals surface area contributed by atoms with Crippen molar-refractivity contribution in [2.75, 3.05) is 49.2 Å². The molecule has 228 valence electrons. The summed E-state index contributed by atoms with van der Waals surface area (Å²) in [7, 11) is 0. The number of anilines is 2. The van der Waals surface area contributed by atoms with Crippen LogP contribution in [0.2, 0.25) is 0 Å². The van der Waals surface area contributed by atoms with Gasteiger partial charge in [-0.3, -0.25) is 14.4 Å². The zero-order chi connectivity index (χ0) is 29.9. The van der Waals surface area contributed by atoms with E-state index in [0.29, 0.717) is 38.8 Å². The van der Waals surface area contributed by atoms with Crippen LogP contribution >= 0.6 is 0 Å². The quantitative estimate of drug-likeness (QED) is 0.255. The molecule has 4 aliphatic heterocycles. The summed E-state index contributed by atoms with van der Waals surface area (Å²) in [6.07, 6.45) is 11.7. The minimum atomic E-state index is -1.30. The van der Waals surface area contributed by atoms with Crippen molar-refractivity contribution < 1.29 is 29.0 Å². The van der Waals surface area contributed by atoms with Gasteiger partial charge < -0.3 is 29.3 Å². The molecule has 0 aromatic heterocycles. The standard InChI is InChI=1S/C33H45N3O6/c1-4-32-18-9-7-12-23-41-31(40)27(32)26-29(38)36(20-10-8-11-22-37)28-30(39)35(21-13-19-33(26,28)42-32)25-16-14-24(15-17-25)34(5-2)6-3/h9,13-19,26-28,37H,4-8,10-12,20-23H2,1-3H3/b18-9-/t26-,27+,28?,32-,33-/m0/s1. The van der Waals surface area contributed by atoms with Crippen molar-refractivity contribution in [1.29, 1.82) is 0 Å². The van der Waals surface area contributed by atoms with Crippen LogP contribution in [-0.4, -0.2) is 84.4 Å². The van der Waals surface area contributed by atoms with E-state index in [-0.39, 0.29) is 25.0 Å². The van der Waals surface area contributed by atoms with Gasteiger partial charge in [-0.05, 0) is 76.6 Å². The lowest BCUT2D eigenvalue weighted by molar-refractivity contribution is -0.159. The summed E-state index contributed by atoms with van der Waals surface area (Å²) < 4.78 is 12.7. The number of aliphatic hydroxyl groups is 1. The lowest BCUT2D eigenvalue weighted by Gasteiger charge is -2.38. The molecular formula is C33H45N3O6. The number of cyclic esters (lactones) is 1. The third-order valence-corrected chi connectivity index (χ3v) is 9.48. The number of nitrogens with zero attached hydrogens (tertiary/aromatic N) is 3. The smallest absolute Gasteiger partial charge is 0.313 e. The molecule has 2 saturated heterocycles. The Labute approximate surface area is 249 Å². The van der Waals surface area contributed by atoms with E-state index >= 15 is 0 Å². The number of carbonyl (C=O) groups excluding carboxylic acids is 3. The highest BCUT2D eigenvalue weighted by Gasteiger charge is 2.75. The fraction of sp³-hybridized carbons (Fsp3) is 0.606. The van der Waals surface area contributed by atoms with Gasteiger partial charge >= 0.3 is 5.97 Å². The molecule has 5 rings (SSSR count). The molecule has 1 N–H and O–H groups in total. The van der Waals surface area contributed by atoms with Gasteiger partial charge in [0.15, 0.2) is 0 Å². The van der Waals surface area contributed by atoms with E-state index < -0.39 is 35.0 Å². The summed E-state index contributed by atoms with van der Waals surface area (Å²) in [5.41, 5.74) is -0.516. The van der Waals surface area contributed by atoms with E-state index in [0.717, 1.165) is 37.3 Å². The van der Waals surface area contributed by atoms with Gasteiger partial charge in [0.05, 0.1) is 12.5 Å². The topological polar surface area (TPSA) is 99.6 Å². The van der Waals surface area contributed by atoms with Crippen molar-refractivity contribution in [1.82, 2.24) is 4.90 Å². The van der Waals surface area contributed by atoms with E-state index in [4.69, 9.17) is 9.47 Å². The van der Waals surface area contributed by atoms with E-state index in [1.54, 1.807) is 9.80 Å². The highest BCUT2D eigenvalue weighted by Crippen LogP contribution is 2.58. The maximum Gasteiger partial charge on any atom is 0.313 e. The van der Waals surface area contributed by atoms with Gasteiger partial charge in [0.25, 0.3) is 5.91 Å². The molecule has 0 saturated carbocycles. The molecule has 2 fully saturated rings. The van der Waals surface area contributed by atoms with Crippen LogP contribution in [-0.2, 0) is 23.9 Å². The van der Waals surface area contributed by atoms with Crippen LogP contribution in [0.3, 0.4) is 0 Å². The Bertz CT molecular complexity index is 1210. The van der Waals surface area contributed by atoms with Crippen molar-refractivity contribution >= 4 is 29.2 Å². The number of rotatable bonds is 10. The molecule has 42 heavy (non-hydrogen) atoms. The first-order chi connectivity index (χ1) is 20.4. The third-order valence-electron chi connectivity index (χ3n) is 9.48. The monoisotopic (exact) mass is 579 g/mol. The number of fused-ring (bicyclic) bond motifs is 2. The Morgan fingerprint density at radius 3 is 2.40 bits per heavy atom. The second-order valence-corrected chi connectivity index (χ2v) is 11.7. The van der Waals surface area contributed by atoms with Crippen molar-refractivity contribution in [3.8, 4) is 0 Å². The molecule has 4 aliphatic rings. The van der Waals surface area contributed by atoms with Gasteiger partial charge in [0.1, 0.15) is 23.2 Å². The van der Waals surface area contributed by atoms with Crippen LogP contribution in [0.25, 0.3) is 0 Å². The Kier molecular flexibility index (Phi) is 9.08. The lowest BCUT2D eigenvalue weighted by atomic mass is 9.73. The predicted molar refractivity (Wildman–Crippen MR) is 161 cm³/mol. The predicted octanol–water partition coefficient (Wildman–Crippen LogP) is 3.85. The number of amides is 2. The third kappa shape index (κ3) is 5.04. The van der Waals surface area contributed by atoms with E-state index in [1.807, 2.05) is 55.5 Å². The molecule has 0 radical (unpaired) electrons. The van der Waals surface area contributed by atoms with E-state index in [2.05, 4.69) is 18.7 Å². The Hall–Kier alpha value is -3.17. The largest absolute Gasteiger partial charge is 0.465 e. The molecule has 1 spiro atoms. The van der Waals surface area contributed by atoms with Crippen LogP contribution in [0.1, 0.15) is 59.3 Å². The number of ether oxygens (including phenoxy) is 2. The van der Waals surface area contributed by atoms with Crippen LogP contribution in [0, 0.1) is 11.8 Å². The lowest BCUT2D eigenvalue weighted by Crippen LogP contribution is -2.56. The van der Waals surface area contributed by atoms with Crippen LogP contribution in [0.15, 0.2) is 48.6 Å². The number of hydrogen-bond acceptors (Lipinski definition) is 7. The summed E-state index contributed by atoms with van der Waals surface area (Å²) in [6.45, 7) is 8.98. The SMILES string of the molecule is CCN(CC)c1ccc(N2CC=C[C@]34O[C@@]5(CC)/C=C\CCCOC(=O)[C@H]5[C@H]3C(=O)N(CCCCCO)C4C2=O)cc1. The molecule has 5 atom stereocenters. The Balaban J connectivity index is 1.57. The van der Waals surface area contributed by atoms with Crippen molar-refractivity contribution in [2.24, 2.45) is 11.8 Å². The van der Waals surface area contributed by atoms with E-state index in [9.17, 15) is 19.5 Å². The summed E-state index contributed by atoms with van der Waals surface area (Å²) in [6, 6.07) is 7.04. The fourth-order valence-electron chi connectivity index (χ4n) is 7.35. The summed E-state index contributed by atoms with van der Waals surface area (Å²) >= 11 is 0. The highest BCUT2D eigenvalue weighted by atomic mass is 16.6. The van der Waals surface area contributed by atoms with Crippen LogP contribution < -0.4 is 9.80 Å². The average Bonchev–Trinajstić information content (AvgIpc) is 3.37. The zero-order valence-electron chi connectivity index (χ0n) is 25.2. The molecule has 9 nitrogen and oxygen atoms in total. The first kappa shape index (κ1) is 30.3. The number of benzene rings is 1. The highest BCUT2D eigenvalue weighted by molar-refractivity contribution is 6.05. The maximum absolute atomic E-state index is 14.6. The first-order valence-electron chi connectivity index (χ1n) is 15.7.